The molecule has 11 bridgehead atoms. The molecule has 0 aliphatic carbocycles. The average Bonchev–Trinajstić information content (AvgIpc) is 0.763. The van der Waals surface area contributed by atoms with Gasteiger partial charge in [0, 0.05) is 67.0 Å². The number of aromatic hydroxyl groups is 3. The highest BCUT2D eigenvalue weighted by atomic mass is 35.5. The van der Waals surface area contributed by atoms with E-state index in [0.717, 1.165) is 84.9 Å². The number of pyridine rings is 1. The summed E-state index contributed by atoms with van der Waals surface area (Å²) < 4.78 is 87.6. The minimum absolute atomic E-state index is 0.0486. The minimum Gasteiger partial charge on any atom is -0.508 e. The van der Waals surface area contributed by atoms with Crippen molar-refractivity contribution in [3.05, 3.63) is 171 Å². The lowest BCUT2D eigenvalue weighted by Gasteiger charge is -2.48. The molecule has 21 N–H and O–H groups in total. The molecule has 0 radical (unpaired) electrons. The summed E-state index contributed by atoms with van der Waals surface area (Å²) in [5.41, 5.74) is 3.87. The van der Waals surface area contributed by atoms with Crippen molar-refractivity contribution in [3.8, 4) is 62.9 Å². The molecule has 44 heteroatoms. The van der Waals surface area contributed by atoms with E-state index >= 15 is 24.0 Å². The number of nitrogens with zero attached hydrogens (tertiary/aromatic N) is 1. The lowest BCUT2D eigenvalue weighted by molar-refractivity contribution is -0.334. The topological polar surface area (TPSA) is 578 Å². The molecule has 7 aliphatic rings. The van der Waals surface area contributed by atoms with Gasteiger partial charge in [-0.3, -0.25) is 53.0 Å². The molecule has 9 amide bonds. The number of anilines is 1. The first-order valence-corrected chi connectivity index (χ1v) is 40.2. The van der Waals surface area contributed by atoms with Gasteiger partial charge in [-0.1, -0.05) is 61.3 Å². The number of alkyl halides is 3. The molecule has 18 atom stereocenters. The van der Waals surface area contributed by atoms with Crippen LogP contribution in [0.5, 0.6) is 51.7 Å². The smallest absolute Gasteiger partial charge is 0.508 e. The van der Waals surface area contributed by atoms with E-state index in [1.165, 1.54) is 57.7 Å². The Kier molecular flexibility index (Phi) is 29.7. The number of aliphatic hydroxyl groups is 6. The van der Waals surface area contributed by atoms with Crippen LogP contribution in [0.15, 0.2) is 122 Å². The number of rotatable bonds is 23. The molecule has 127 heavy (non-hydrogen) atoms. The molecule has 7 aliphatic heterocycles. The molecule has 680 valence electrons. The van der Waals surface area contributed by atoms with E-state index in [4.69, 9.17) is 66.9 Å². The van der Waals surface area contributed by atoms with Gasteiger partial charge in [0.1, 0.15) is 101 Å². The van der Waals surface area contributed by atoms with E-state index in [1.807, 2.05) is 0 Å². The fourth-order valence-corrected chi connectivity index (χ4v) is 15.4. The van der Waals surface area contributed by atoms with Crippen molar-refractivity contribution in [2.45, 2.75) is 169 Å². The zero-order valence-corrected chi connectivity index (χ0v) is 69.7. The van der Waals surface area contributed by atoms with Crippen LogP contribution < -0.4 is 78.0 Å². The number of phenols is 3. The zero-order valence-electron chi connectivity index (χ0n) is 68.2. The van der Waals surface area contributed by atoms with Crippen LogP contribution in [0.25, 0.3) is 11.1 Å². The third kappa shape index (κ3) is 22.1. The third-order valence-electron chi connectivity index (χ3n) is 21.4. The Morgan fingerprint density at radius 1 is 0.724 bits per heavy atom. The van der Waals surface area contributed by atoms with E-state index in [1.54, 1.807) is 20.8 Å². The van der Waals surface area contributed by atoms with Crippen LogP contribution in [-0.2, 0) is 68.7 Å². The normalized spacial score (nSPS) is 25.8. The Bertz CT molecular complexity index is 5320. The molecule has 2 saturated heterocycles. The van der Waals surface area contributed by atoms with Crippen molar-refractivity contribution in [3.63, 3.8) is 0 Å². The first-order chi connectivity index (χ1) is 60.2. The number of phenolic OH excluding ortho intramolecular Hbond substituents is 3. The van der Waals surface area contributed by atoms with Crippen LogP contribution in [0.4, 0.5) is 18.9 Å². The molecule has 7 aromatic rings. The first kappa shape index (κ1) is 94.3. The Balaban J connectivity index is 1.01. The fraction of sp³-hybridized carbons (Fsp3) is 0.398. The van der Waals surface area contributed by atoms with Crippen LogP contribution in [0.3, 0.4) is 0 Å². The number of hydrogen-bond acceptors (Lipinski definition) is 30. The maximum Gasteiger partial charge on any atom is 0.573 e. The molecular weight excluding hydrogens is 1720 g/mol. The predicted octanol–water partition coefficient (Wildman–Crippen LogP) is 3.09. The highest BCUT2D eigenvalue weighted by Gasteiger charge is 2.53. The van der Waals surface area contributed by atoms with Gasteiger partial charge in [-0.05, 0) is 139 Å². The number of benzene rings is 6. The SMILES string of the molecule is CN[C@H](CC(C)C)C(=O)N[C@H]1C(=O)N[C@@H](CC(N)=O)C(=O)N[C@H]2C(=O)N[C@H]3C(=O)N[C@H](C(=O)N[C@@H](C(=O)NOCCOC)c4cc(O)cc(O)c4-c4cc3ccc4O)[C@H](O)c3ccc(c(Cl)c3)Oc3cc2cc(c3O[C@@H]2O[C@H](CO)[C@@H](O)[C@H](O)[C@H]2O[C@H]2C[C@](C)(NCc3cncc(C(=O)Nc4cccc(OC(F)(F)F)c4)c3)[C@H](O)[C@H](C)O2)Oc2ccc(cc2Cl)[C@H]1O. The summed E-state index contributed by atoms with van der Waals surface area (Å²) in [6.45, 7) is 5.06. The molecule has 6 aromatic carbocycles. The molecule has 8 heterocycles. The number of methoxy groups -OCH3 is 1. The molecular formula is C83H91Cl2F3N12O27. The van der Waals surface area contributed by atoms with E-state index in [9.17, 15) is 78.3 Å². The van der Waals surface area contributed by atoms with Gasteiger partial charge in [0.05, 0.1) is 60.1 Å². The number of carbonyl (C=O) groups is 9. The predicted molar refractivity (Wildman–Crippen MR) is 436 cm³/mol. The van der Waals surface area contributed by atoms with Gasteiger partial charge in [-0.2, -0.15) is 0 Å². The van der Waals surface area contributed by atoms with Gasteiger partial charge in [-0.25, -0.2) is 5.48 Å². The van der Waals surface area contributed by atoms with Crippen molar-refractivity contribution >= 4 is 82.1 Å². The summed E-state index contributed by atoms with van der Waals surface area (Å²) in [7, 11) is 2.78. The lowest BCUT2D eigenvalue weighted by atomic mass is 9.84. The maximum atomic E-state index is 16.4. The number of hydrogen-bond donors (Lipinski definition) is 20. The number of hydroxylamine groups is 1. The second-order valence-electron chi connectivity index (χ2n) is 31.1. The molecule has 2 fully saturated rings. The highest BCUT2D eigenvalue weighted by Crippen LogP contribution is 2.50. The van der Waals surface area contributed by atoms with Gasteiger partial charge in [-0.15, -0.1) is 13.2 Å². The maximum absolute atomic E-state index is 16.4. The minimum atomic E-state index is -5.03. The number of halogens is 5. The van der Waals surface area contributed by atoms with Crippen LogP contribution >= 0.6 is 23.2 Å². The summed E-state index contributed by atoms with van der Waals surface area (Å²) in [6, 6.07) is 5.11. The van der Waals surface area contributed by atoms with Crippen molar-refractivity contribution in [2.24, 2.45) is 11.7 Å². The monoisotopic (exact) mass is 1810 g/mol. The van der Waals surface area contributed by atoms with Gasteiger partial charge in [0.15, 0.2) is 23.9 Å². The third-order valence-corrected chi connectivity index (χ3v) is 22.0. The largest absolute Gasteiger partial charge is 0.573 e. The van der Waals surface area contributed by atoms with Crippen LogP contribution in [0.2, 0.25) is 10.0 Å². The molecule has 39 nitrogen and oxygen atoms in total. The van der Waals surface area contributed by atoms with E-state index in [2.05, 4.69) is 63.1 Å². The average molecular weight is 1820 g/mol. The summed E-state index contributed by atoms with van der Waals surface area (Å²) in [4.78, 5) is 143. The van der Waals surface area contributed by atoms with E-state index < -0.39 is 266 Å². The summed E-state index contributed by atoms with van der Waals surface area (Å²) in [6.07, 6.45) is -22.4. The van der Waals surface area contributed by atoms with Gasteiger partial charge < -0.3 is 137 Å². The first-order valence-electron chi connectivity index (χ1n) is 39.4. The second kappa shape index (κ2) is 40.0. The zero-order chi connectivity index (χ0) is 91.9. The van der Waals surface area contributed by atoms with Gasteiger partial charge >= 0.3 is 6.36 Å². The van der Waals surface area contributed by atoms with Crippen molar-refractivity contribution in [2.75, 3.05) is 39.3 Å². The Morgan fingerprint density at radius 3 is 2.03 bits per heavy atom. The summed E-state index contributed by atoms with van der Waals surface area (Å²) in [5, 5.41) is 129. The number of primary amides is 1. The number of nitrogens with two attached hydrogens (primary N) is 1. The molecule has 1 aromatic heterocycles. The Labute approximate surface area is 730 Å². The number of ether oxygens (including phenoxy) is 8. The molecule has 0 unspecified atom stereocenters. The van der Waals surface area contributed by atoms with Crippen LogP contribution in [0, 0.1) is 5.92 Å². The summed E-state index contributed by atoms with van der Waals surface area (Å²) in [5.74, 6) is -17.2. The molecule has 0 spiro atoms. The Morgan fingerprint density at radius 2 is 1.39 bits per heavy atom. The van der Waals surface area contributed by atoms with Gasteiger partial charge in [0.25, 0.3) is 11.8 Å². The van der Waals surface area contributed by atoms with Crippen molar-refractivity contribution in [1.82, 2.24) is 53.0 Å². The molecule has 14 rings (SSSR count). The number of amides is 9. The summed E-state index contributed by atoms with van der Waals surface area (Å²) >= 11 is 14.4. The lowest BCUT2D eigenvalue weighted by Crippen LogP contribution is -2.65. The van der Waals surface area contributed by atoms with Crippen LogP contribution in [0.1, 0.15) is 121 Å². The number of carbonyl (C=O) groups excluding carboxylic acids is 9. The standard InChI is InChI=1S/C83H91Cl2F3N12O27/c1-34(2)18-49(90-5)74(112)98-64-66(106)38-11-14-53(47(84)21-38)122-55-23-40-24-56(70(55)126-81-71(69(109)68(108)57(33-101)124-81)125-59-29-82(4,72(110)35(3)121-59)92-31-36-19-41(32-91-30-36)73(111)93-42-8-7-9-44(25-42)127-83(86,87)88)123-54-15-12-39(22-48(54)85)67(107)65-79(117)97-63(80(118)100-120-17-16-119-6)46-26-43(102)27-52(104)60(46)45-20-37(10-13-51(45)103)61(76(114)99-65)96-77(115)62(40)95-75(113)50(28-58(89)105)94-78(64)116/h7-15,19-27,30,32,34-35,49-50,57,59,61-69,71-72,81,90,92,101-104,106-110H,16-18,28-29,31,33H2,1-6H3,(H2,89,105)(H,93,111)(H,94,116)(H,95,113)(H,96,115)(H,97,117)(H,98,112)(H,99,114)(H,100,118)/t35-,49+,50-,57+,59-,61+,62+,63+,64+,65-,66+,67+,68+,69-,71+,72+,81-,82-/m0/s1. The fourth-order valence-electron chi connectivity index (χ4n) is 14.9. The number of aromatic nitrogens is 1. The van der Waals surface area contributed by atoms with Crippen molar-refractivity contribution in [1.29, 1.82) is 0 Å². The highest BCUT2D eigenvalue weighted by molar-refractivity contribution is 6.32. The quantitative estimate of drug-likeness (QED) is 0.0323. The number of likely N-dealkylation sites (N-methyl/N-ethyl adjacent to an activating group) is 1. The van der Waals surface area contributed by atoms with Crippen molar-refractivity contribution < 1.29 is 145 Å². The number of fused-ring (bicyclic) bond motifs is 15. The van der Waals surface area contributed by atoms with Gasteiger partial charge in [0.2, 0.25) is 53.4 Å². The van der Waals surface area contributed by atoms with Crippen LogP contribution in [-0.4, -0.2) is 223 Å². The number of nitrogens with one attached hydrogen (secondary N) is 10. The Hall–Kier alpha value is -11.9. The second-order valence-corrected chi connectivity index (χ2v) is 31.9. The van der Waals surface area contributed by atoms with E-state index in [-0.39, 0.29) is 66.5 Å². The van der Waals surface area contributed by atoms with E-state index in [0.29, 0.717) is 5.56 Å². The number of aliphatic hydroxyl groups excluding tert-OH is 6. The molecule has 0 saturated carbocycles.